The highest BCUT2D eigenvalue weighted by atomic mass is 127. The van der Waals surface area contributed by atoms with Crippen molar-refractivity contribution >= 4 is 57.3 Å². The predicted octanol–water partition coefficient (Wildman–Crippen LogP) is 6.41. The first-order valence-electron chi connectivity index (χ1n) is 11.0. The van der Waals surface area contributed by atoms with E-state index in [9.17, 15) is 19.7 Å². The lowest BCUT2D eigenvalue weighted by Crippen LogP contribution is -2.27. The smallest absolute Gasteiger partial charge is 0.293 e. The first kappa shape index (κ1) is 25.7. The van der Waals surface area contributed by atoms with E-state index < -0.39 is 4.92 Å². The summed E-state index contributed by atoms with van der Waals surface area (Å²) < 4.78 is 12.7. The average Bonchev–Trinajstić information content (AvgIpc) is 3.12. The summed E-state index contributed by atoms with van der Waals surface area (Å²) in [4.78, 5) is 37.4. The molecule has 1 aliphatic rings. The topological polar surface area (TPSA) is 99.0 Å². The lowest BCUT2D eigenvalue weighted by molar-refractivity contribution is -0.384. The number of non-ortho nitro benzene ring substituents is 1. The van der Waals surface area contributed by atoms with Crippen LogP contribution in [0.4, 0.5) is 10.5 Å². The van der Waals surface area contributed by atoms with Gasteiger partial charge in [-0.05, 0) is 100 Å². The van der Waals surface area contributed by atoms with Crippen LogP contribution in [0.3, 0.4) is 0 Å². The van der Waals surface area contributed by atoms with E-state index in [1.54, 1.807) is 36.4 Å². The van der Waals surface area contributed by atoms with E-state index in [4.69, 9.17) is 9.47 Å². The zero-order valence-corrected chi connectivity index (χ0v) is 22.2. The van der Waals surface area contributed by atoms with Crippen molar-refractivity contribution in [1.82, 2.24) is 4.90 Å². The average molecular weight is 616 g/mol. The van der Waals surface area contributed by atoms with E-state index in [1.807, 2.05) is 31.2 Å². The predicted molar refractivity (Wildman–Crippen MR) is 146 cm³/mol. The van der Waals surface area contributed by atoms with Gasteiger partial charge in [0.2, 0.25) is 0 Å². The summed E-state index contributed by atoms with van der Waals surface area (Å²) >= 11 is 3.11. The van der Waals surface area contributed by atoms with E-state index in [-0.39, 0.29) is 30.0 Å². The van der Waals surface area contributed by atoms with Gasteiger partial charge in [-0.25, -0.2) is 0 Å². The molecule has 1 fully saturated rings. The minimum absolute atomic E-state index is 0.0149. The Hall–Kier alpha value is -3.38. The van der Waals surface area contributed by atoms with Crippen LogP contribution >= 0.6 is 34.4 Å². The number of hydrogen-bond donors (Lipinski definition) is 0. The number of nitrogens with zero attached hydrogens (tertiary/aromatic N) is 2. The lowest BCUT2D eigenvalue weighted by atomic mass is 10.1. The summed E-state index contributed by atoms with van der Waals surface area (Å²) in [6.45, 7) is 2.68. The Labute approximate surface area is 225 Å². The third kappa shape index (κ3) is 6.24. The van der Waals surface area contributed by atoms with Crippen LogP contribution in [0.15, 0.2) is 71.6 Å². The van der Waals surface area contributed by atoms with Crippen LogP contribution in [0, 0.1) is 13.7 Å². The van der Waals surface area contributed by atoms with Gasteiger partial charge in [-0.1, -0.05) is 18.2 Å². The van der Waals surface area contributed by atoms with Crippen molar-refractivity contribution < 1.29 is 24.0 Å². The largest absolute Gasteiger partial charge is 0.490 e. The van der Waals surface area contributed by atoms with Crippen molar-refractivity contribution in [2.24, 2.45) is 0 Å². The van der Waals surface area contributed by atoms with Crippen LogP contribution in [-0.2, 0) is 17.9 Å². The number of amides is 2. The van der Waals surface area contributed by atoms with Crippen molar-refractivity contribution in [2.45, 2.75) is 20.1 Å². The summed E-state index contributed by atoms with van der Waals surface area (Å²) in [5.74, 6) is 0.658. The Balaban J connectivity index is 1.48. The summed E-state index contributed by atoms with van der Waals surface area (Å²) in [5.41, 5.74) is 2.36. The Kier molecular flexibility index (Phi) is 8.26. The van der Waals surface area contributed by atoms with E-state index in [1.165, 1.54) is 17.0 Å². The third-order valence-electron chi connectivity index (χ3n) is 5.23. The quantitative estimate of drug-likeness (QED) is 0.119. The van der Waals surface area contributed by atoms with Gasteiger partial charge in [0.05, 0.1) is 23.0 Å². The molecule has 1 aliphatic heterocycles. The minimum Gasteiger partial charge on any atom is -0.490 e. The van der Waals surface area contributed by atoms with Crippen molar-refractivity contribution in [1.29, 1.82) is 0 Å². The van der Waals surface area contributed by atoms with Crippen LogP contribution in [-0.4, -0.2) is 27.6 Å². The maximum absolute atomic E-state index is 12.9. The molecule has 2 amide bonds. The van der Waals surface area contributed by atoms with E-state index >= 15 is 0 Å². The van der Waals surface area contributed by atoms with Gasteiger partial charge in [-0.15, -0.1) is 0 Å². The molecule has 10 heteroatoms. The molecule has 0 unspecified atom stereocenters. The molecule has 3 aromatic rings. The molecule has 0 atom stereocenters. The molecule has 184 valence electrons. The van der Waals surface area contributed by atoms with Gasteiger partial charge in [0.25, 0.3) is 16.8 Å². The highest BCUT2D eigenvalue weighted by Crippen LogP contribution is 2.35. The van der Waals surface area contributed by atoms with Crippen molar-refractivity contribution in [3.8, 4) is 11.5 Å². The molecule has 1 saturated heterocycles. The fourth-order valence-electron chi connectivity index (χ4n) is 3.44. The molecule has 4 rings (SSSR count). The van der Waals surface area contributed by atoms with E-state index in [0.29, 0.717) is 28.6 Å². The van der Waals surface area contributed by atoms with Crippen LogP contribution in [0.5, 0.6) is 11.5 Å². The molecule has 0 N–H and O–H groups in total. The second kappa shape index (κ2) is 11.6. The van der Waals surface area contributed by atoms with Crippen LogP contribution < -0.4 is 9.47 Å². The molecule has 1 heterocycles. The SMILES string of the molecule is CCOc1cc(/C=C2/SC(=O)N(Cc3ccc(I)cc3)C2=O)ccc1OCc1ccc([N+](=O)[O-])cc1. The molecule has 3 aromatic carbocycles. The second-order valence-corrected chi connectivity index (χ2v) is 9.98. The summed E-state index contributed by atoms with van der Waals surface area (Å²) in [6, 6.07) is 19.1. The van der Waals surface area contributed by atoms with Crippen molar-refractivity contribution in [2.75, 3.05) is 6.61 Å². The molecule has 36 heavy (non-hydrogen) atoms. The van der Waals surface area contributed by atoms with Crippen LogP contribution in [0.2, 0.25) is 0 Å². The van der Waals surface area contributed by atoms with Crippen molar-refractivity contribution in [3.63, 3.8) is 0 Å². The van der Waals surface area contributed by atoms with Gasteiger partial charge in [0.15, 0.2) is 11.5 Å². The van der Waals surface area contributed by atoms with Crippen LogP contribution in [0.25, 0.3) is 6.08 Å². The van der Waals surface area contributed by atoms with E-state index in [2.05, 4.69) is 22.6 Å². The monoisotopic (exact) mass is 616 g/mol. The molecule has 0 aliphatic carbocycles. The normalized spacial score (nSPS) is 14.4. The highest BCUT2D eigenvalue weighted by molar-refractivity contribution is 14.1. The number of carbonyl (C=O) groups is 2. The van der Waals surface area contributed by atoms with Gasteiger partial charge >= 0.3 is 0 Å². The Morgan fingerprint density at radius 2 is 1.67 bits per heavy atom. The standard InChI is InChI=1S/C26H21IN2O6S/c1-2-34-23-13-19(7-12-22(23)35-16-18-5-10-21(11-6-18)29(32)33)14-24-25(30)28(26(31)36-24)15-17-3-8-20(27)9-4-17/h3-14H,2,15-16H2,1H3/b24-14+. The Morgan fingerprint density at radius 1 is 0.972 bits per heavy atom. The number of hydrogen-bond acceptors (Lipinski definition) is 7. The summed E-state index contributed by atoms with van der Waals surface area (Å²) in [7, 11) is 0. The number of imide groups is 1. The molecule has 0 spiro atoms. The van der Waals surface area contributed by atoms with Gasteiger partial charge < -0.3 is 9.47 Å². The molecule has 8 nitrogen and oxygen atoms in total. The van der Waals surface area contributed by atoms with Crippen molar-refractivity contribution in [3.05, 3.63) is 102 Å². The zero-order valence-electron chi connectivity index (χ0n) is 19.2. The lowest BCUT2D eigenvalue weighted by Gasteiger charge is -2.13. The number of ether oxygens (including phenoxy) is 2. The molecular formula is C26H21IN2O6S. The van der Waals surface area contributed by atoms with Gasteiger partial charge in [0.1, 0.15) is 6.61 Å². The Bertz CT molecular complexity index is 1330. The molecular weight excluding hydrogens is 595 g/mol. The third-order valence-corrected chi connectivity index (χ3v) is 6.86. The maximum atomic E-state index is 12.9. The zero-order chi connectivity index (χ0) is 25.7. The number of nitro benzene ring substituents is 1. The number of nitro groups is 1. The Morgan fingerprint density at radius 3 is 2.33 bits per heavy atom. The first-order valence-corrected chi connectivity index (χ1v) is 12.9. The fraction of sp³-hybridized carbons (Fsp3) is 0.154. The van der Waals surface area contributed by atoms with Gasteiger partial charge in [-0.2, -0.15) is 0 Å². The number of benzene rings is 3. The van der Waals surface area contributed by atoms with Gasteiger partial charge in [-0.3, -0.25) is 24.6 Å². The number of thioether (sulfide) groups is 1. The second-order valence-electron chi connectivity index (χ2n) is 7.75. The molecule has 0 radical (unpaired) electrons. The fourth-order valence-corrected chi connectivity index (χ4v) is 4.63. The minimum atomic E-state index is -0.451. The van der Waals surface area contributed by atoms with E-state index in [0.717, 1.165) is 26.5 Å². The highest BCUT2D eigenvalue weighted by Gasteiger charge is 2.35. The first-order chi connectivity index (χ1) is 17.3. The maximum Gasteiger partial charge on any atom is 0.293 e. The van der Waals surface area contributed by atoms with Gasteiger partial charge in [0, 0.05) is 15.7 Å². The summed E-state index contributed by atoms with van der Waals surface area (Å²) in [6.07, 6.45) is 1.67. The molecule has 0 saturated carbocycles. The molecule has 0 bridgehead atoms. The number of rotatable bonds is 9. The number of carbonyl (C=O) groups excluding carboxylic acids is 2. The van der Waals surface area contributed by atoms with Crippen LogP contribution in [0.1, 0.15) is 23.6 Å². The summed E-state index contributed by atoms with van der Waals surface area (Å²) in [5, 5.41) is 10.5. The molecule has 0 aromatic heterocycles. The number of halogens is 1.